The van der Waals surface area contributed by atoms with Gasteiger partial charge in [-0.3, -0.25) is 0 Å². The molecular weight excluding hydrogens is 267 g/mol. The number of aliphatic hydroxyl groups is 1. The molecule has 0 unspecified atom stereocenters. The summed E-state index contributed by atoms with van der Waals surface area (Å²) in [5, 5.41) is 9.63. The van der Waals surface area contributed by atoms with E-state index in [1.54, 1.807) is 12.1 Å². The van der Waals surface area contributed by atoms with Crippen LogP contribution in [0.3, 0.4) is 0 Å². The van der Waals surface area contributed by atoms with E-state index in [0.29, 0.717) is 16.8 Å². The summed E-state index contributed by atoms with van der Waals surface area (Å²) in [5.41, 5.74) is 13.2. The quantitative estimate of drug-likeness (QED) is 0.584. The molecule has 1 aliphatic heterocycles. The first-order valence-electron chi connectivity index (χ1n) is 6.98. The second kappa shape index (κ2) is 5.37. The molecule has 0 spiro atoms. The highest BCUT2D eigenvalue weighted by Crippen LogP contribution is 2.38. The summed E-state index contributed by atoms with van der Waals surface area (Å²) in [5.74, 6) is 0. The molecule has 2 rings (SSSR count). The van der Waals surface area contributed by atoms with Crippen LogP contribution in [0.2, 0.25) is 0 Å². The Balaban J connectivity index is 2.28. The number of anilines is 2. The fourth-order valence-corrected chi connectivity index (χ4v) is 2.08. The van der Waals surface area contributed by atoms with Crippen molar-refractivity contribution in [2.24, 2.45) is 0 Å². The van der Waals surface area contributed by atoms with Gasteiger partial charge < -0.3 is 25.9 Å². The van der Waals surface area contributed by atoms with Crippen LogP contribution in [0.15, 0.2) is 23.7 Å². The van der Waals surface area contributed by atoms with Gasteiger partial charge in [0.25, 0.3) is 0 Å². The predicted octanol–water partition coefficient (Wildman–Crippen LogP) is 1.86. The van der Waals surface area contributed by atoms with E-state index < -0.39 is 18.3 Å². The molecule has 0 radical (unpaired) electrons. The summed E-state index contributed by atoms with van der Waals surface area (Å²) in [6.07, 6.45) is 1.82. The van der Waals surface area contributed by atoms with E-state index in [-0.39, 0.29) is 6.61 Å². The molecule has 1 fully saturated rings. The van der Waals surface area contributed by atoms with Gasteiger partial charge in [-0.05, 0) is 50.9 Å². The van der Waals surface area contributed by atoms with E-state index in [1.165, 1.54) is 0 Å². The number of nitrogens with two attached hydrogens (primary N) is 2. The Labute approximate surface area is 126 Å². The molecule has 0 saturated carbocycles. The van der Waals surface area contributed by atoms with E-state index in [2.05, 4.69) is 0 Å². The first kappa shape index (κ1) is 15.9. The van der Waals surface area contributed by atoms with E-state index in [4.69, 9.17) is 20.8 Å². The number of aliphatic hydroxyl groups excluding tert-OH is 1. The second-order valence-corrected chi connectivity index (χ2v) is 6.35. The van der Waals surface area contributed by atoms with Crippen LogP contribution >= 0.6 is 0 Å². The smallest absolute Gasteiger partial charge is 0.400 e. The van der Waals surface area contributed by atoms with Gasteiger partial charge in [0.1, 0.15) is 0 Å². The van der Waals surface area contributed by atoms with Crippen LogP contribution in [0, 0.1) is 0 Å². The zero-order valence-corrected chi connectivity index (χ0v) is 13.0. The van der Waals surface area contributed by atoms with Gasteiger partial charge in [-0.2, -0.15) is 0 Å². The van der Waals surface area contributed by atoms with Crippen molar-refractivity contribution < 1.29 is 14.4 Å². The Morgan fingerprint density at radius 3 is 2.19 bits per heavy atom. The molecule has 1 saturated heterocycles. The third-order valence-electron chi connectivity index (χ3n) is 4.20. The fourth-order valence-electron chi connectivity index (χ4n) is 2.08. The molecule has 5 nitrogen and oxygen atoms in total. The topological polar surface area (TPSA) is 90.7 Å². The van der Waals surface area contributed by atoms with Gasteiger partial charge in [0.2, 0.25) is 0 Å². The Kier molecular flexibility index (Phi) is 4.06. The summed E-state index contributed by atoms with van der Waals surface area (Å²) in [6.45, 7) is 7.75. The lowest BCUT2D eigenvalue weighted by atomic mass is 9.77. The molecular formula is C15H23BN2O3. The summed E-state index contributed by atoms with van der Waals surface area (Å²) in [7, 11) is -0.571. The van der Waals surface area contributed by atoms with E-state index >= 15 is 0 Å². The largest absolute Gasteiger partial charge is 0.492 e. The monoisotopic (exact) mass is 290 g/mol. The van der Waals surface area contributed by atoms with Crippen molar-refractivity contribution >= 4 is 24.6 Å². The number of rotatable bonds is 3. The van der Waals surface area contributed by atoms with Crippen LogP contribution in [0.4, 0.5) is 11.4 Å². The third kappa shape index (κ3) is 3.07. The molecule has 0 amide bonds. The van der Waals surface area contributed by atoms with E-state index in [9.17, 15) is 5.11 Å². The molecule has 0 atom stereocenters. The number of hydrogen-bond donors (Lipinski definition) is 3. The standard InChI is InChI=1S/C15H23BN2O3/c1-14(2)15(3,4)21-16(20-14)11(9-19)7-10-5-6-12(17)13(18)8-10/h5-8,19H,9,17-18H2,1-4H3. The summed E-state index contributed by atoms with van der Waals surface area (Å²) in [6, 6.07) is 5.34. The van der Waals surface area contributed by atoms with Crippen LogP contribution in [-0.4, -0.2) is 30.0 Å². The Morgan fingerprint density at radius 1 is 1.14 bits per heavy atom. The van der Waals surface area contributed by atoms with Crippen LogP contribution < -0.4 is 11.5 Å². The normalized spacial score (nSPS) is 20.8. The minimum Gasteiger partial charge on any atom is -0.400 e. The highest BCUT2D eigenvalue weighted by atomic mass is 16.7. The van der Waals surface area contributed by atoms with Crippen molar-refractivity contribution in [3.8, 4) is 0 Å². The van der Waals surface area contributed by atoms with Gasteiger partial charge in [-0.15, -0.1) is 0 Å². The molecule has 21 heavy (non-hydrogen) atoms. The molecule has 0 bridgehead atoms. The maximum Gasteiger partial charge on any atom is 0.492 e. The van der Waals surface area contributed by atoms with Gasteiger partial charge in [0, 0.05) is 0 Å². The van der Waals surface area contributed by atoms with Crippen molar-refractivity contribution in [1.82, 2.24) is 0 Å². The minimum absolute atomic E-state index is 0.152. The lowest BCUT2D eigenvalue weighted by molar-refractivity contribution is 0.00578. The SMILES string of the molecule is CC1(C)OB(C(=Cc2ccc(N)c(N)c2)CO)OC1(C)C. The van der Waals surface area contributed by atoms with Gasteiger partial charge in [-0.1, -0.05) is 12.1 Å². The summed E-state index contributed by atoms with van der Waals surface area (Å²) >= 11 is 0. The molecule has 1 aliphatic rings. The summed E-state index contributed by atoms with van der Waals surface area (Å²) < 4.78 is 11.9. The van der Waals surface area contributed by atoms with Crippen molar-refractivity contribution in [2.45, 2.75) is 38.9 Å². The summed E-state index contributed by atoms with van der Waals surface area (Å²) in [4.78, 5) is 0. The van der Waals surface area contributed by atoms with Gasteiger partial charge in [0.15, 0.2) is 0 Å². The zero-order chi connectivity index (χ0) is 15.8. The first-order chi connectivity index (χ1) is 9.66. The predicted molar refractivity (Wildman–Crippen MR) is 86.4 cm³/mol. The molecule has 6 heteroatoms. The average Bonchev–Trinajstić information content (AvgIpc) is 2.59. The zero-order valence-electron chi connectivity index (χ0n) is 13.0. The molecule has 5 N–H and O–H groups in total. The second-order valence-electron chi connectivity index (χ2n) is 6.35. The van der Waals surface area contributed by atoms with Crippen molar-refractivity contribution in [3.63, 3.8) is 0 Å². The van der Waals surface area contributed by atoms with Crippen molar-refractivity contribution in [3.05, 3.63) is 29.2 Å². The maximum atomic E-state index is 9.63. The van der Waals surface area contributed by atoms with Gasteiger partial charge >= 0.3 is 7.12 Å². The highest BCUT2D eigenvalue weighted by Gasteiger charge is 2.52. The van der Waals surface area contributed by atoms with Gasteiger partial charge in [-0.25, -0.2) is 0 Å². The minimum atomic E-state index is -0.571. The van der Waals surface area contributed by atoms with Crippen molar-refractivity contribution in [1.29, 1.82) is 0 Å². The number of hydrogen-bond acceptors (Lipinski definition) is 5. The lowest BCUT2D eigenvalue weighted by Gasteiger charge is -2.32. The Bertz CT molecular complexity index is 554. The van der Waals surface area contributed by atoms with Crippen molar-refractivity contribution in [2.75, 3.05) is 18.1 Å². The first-order valence-corrected chi connectivity index (χ1v) is 6.98. The van der Waals surface area contributed by atoms with Crippen LogP contribution in [0.25, 0.3) is 6.08 Å². The Hall–Kier alpha value is -1.50. The molecule has 1 heterocycles. The molecule has 0 aliphatic carbocycles. The average molecular weight is 290 g/mol. The van der Waals surface area contributed by atoms with Crippen LogP contribution in [0.5, 0.6) is 0 Å². The van der Waals surface area contributed by atoms with Crippen LogP contribution in [-0.2, 0) is 9.31 Å². The lowest BCUT2D eigenvalue weighted by Crippen LogP contribution is -2.41. The Morgan fingerprint density at radius 2 is 1.71 bits per heavy atom. The third-order valence-corrected chi connectivity index (χ3v) is 4.20. The molecule has 1 aromatic rings. The fraction of sp³-hybridized carbons (Fsp3) is 0.467. The van der Waals surface area contributed by atoms with E-state index in [1.807, 2.05) is 39.8 Å². The maximum absolute atomic E-state index is 9.63. The van der Waals surface area contributed by atoms with Gasteiger partial charge in [0.05, 0.1) is 29.2 Å². The van der Waals surface area contributed by atoms with Crippen LogP contribution in [0.1, 0.15) is 33.3 Å². The number of nitrogen functional groups attached to an aromatic ring is 2. The highest BCUT2D eigenvalue weighted by molar-refractivity contribution is 6.55. The molecule has 0 aromatic heterocycles. The molecule has 1 aromatic carbocycles. The van der Waals surface area contributed by atoms with E-state index in [0.717, 1.165) is 5.56 Å². The molecule has 114 valence electrons. The number of benzene rings is 1.